The van der Waals surface area contributed by atoms with Gasteiger partial charge in [-0.2, -0.15) is 0 Å². The predicted octanol–water partition coefficient (Wildman–Crippen LogP) is 1.84. The van der Waals surface area contributed by atoms with Gasteiger partial charge in [-0.25, -0.2) is 9.97 Å². The normalized spacial score (nSPS) is 18.6. The van der Waals surface area contributed by atoms with Crippen LogP contribution in [0.5, 0.6) is 5.75 Å². The molecule has 124 valence electrons. The molecule has 6 nitrogen and oxygen atoms in total. The highest BCUT2D eigenvalue weighted by Crippen LogP contribution is 2.52. The molecule has 24 heavy (non-hydrogen) atoms. The molecule has 1 aromatic heterocycles. The molecular weight excluding hydrogens is 304 g/mol. The van der Waals surface area contributed by atoms with Crippen molar-refractivity contribution < 1.29 is 9.53 Å². The number of methoxy groups -OCH3 is 1. The maximum absolute atomic E-state index is 13.0. The van der Waals surface area contributed by atoms with Crippen LogP contribution in [0.2, 0.25) is 0 Å². The van der Waals surface area contributed by atoms with Gasteiger partial charge in [0.05, 0.1) is 18.6 Å². The van der Waals surface area contributed by atoms with Crippen molar-refractivity contribution in [3.8, 4) is 5.75 Å². The minimum Gasteiger partial charge on any atom is -0.496 e. The number of benzene rings is 1. The lowest BCUT2D eigenvalue weighted by Crippen LogP contribution is -2.59. The monoisotopic (exact) mass is 324 g/mol. The minimum atomic E-state index is -0.382. The number of nitrogens with zero attached hydrogens (tertiary/aromatic N) is 3. The lowest BCUT2D eigenvalue weighted by atomic mass is 9.91. The summed E-state index contributed by atoms with van der Waals surface area (Å²) >= 11 is 0. The molecule has 0 bridgehead atoms. The fraction of sp³-hybridized carbons (Fsp3) is 0.389. The molecule has 1 aromatic carbocycles. The second kappa shape index (κ2) is 5.78. The summed E-state index contributed by atoms with van der Waals surface area (Å²) in [4.78, 5) is 23.0. The Labute approximate surface area is 140 Å². The Hall–Kier alpha value is -2.63. The zero-order valence-corrected chi connectivity index (χ0v) is 13.6. The van der Waals surface area contributed by atoms with Gasteiger partial charge in [0.1, 0.15) is 17.9 Å². The van der Waals surface area contributed by atoms with Gasteiger partial charge in [-0.05, 0) is 25.0 Å². The van der Waals surface area contributed by atoms with Crippen LogP contribution in [0, 0.1) is 0 Å². The van der Waals surface area contributed by atoms with Crippen LogP contribution in [-0.2, 0) is 10.2 Å². The Morgan fingerprint density at radius 2 is 2.08 bits per heavy atom. The fourth-order valence-electron chi connectivity index (χ4n) is 3.39. The third-order valence-electron chi connectivity index (χ3n) is 4.88. The van der Waals surface area contributed by atoms with Gasteiger partial charge < -0.3 is 15.0 Å². The molecule has 1 aliphatic heterocycles. The summed E-state index contributed by atoms with van der Waals surface area (Å²) in [5, 5.41) is 3.33. The lowest BCUT2D eigenvalue weighted by Gasteiger charge is -2.41. The van der Waals surface area contributed by atoms with E-state index in [9.17, 15) is 4.79 Å². The summed E-state index contributed by atoms with van der Waals surface area (Å²) in [5.74, 6) is 1.82. The molecule has 2 fully saturated rings. The molecule has 2 aromatic rings. The number of rotatable bonds is 5. The smallest absolute Gasteiger partial charge is 0.233 e. The number of amides is 1. The Bertz CT molecular complexity index is 740. The molecule has 0 unspecified atom stereocenters. The third kappa shape index (κ3) is 2.48. The van der Waals surface area contributed by atoms with E-state index in [0.717, 1.165) is 30.0 Å². The average molecular weight is 324 g/mol. The van der Waals surface area contributed by atoms with E-state index < -0.39 is 0 Å². The summed E-state index contributed by atoms with van der Waals surface area (Å²) in [6, 6.07) is 9.94. The molecule has 1 saturated carbocycles. The van der Waals surface area contributed by atoms with Crippen molar-refractivity contribution in [3.63, 3.8) is 0 Å². The summed E-state index contributed by atoms with van der Waals surface area (Å²) in [7, 11) is 1.66. The molecule has 0 spiro atoms. The third-order valence-corrected chi connectivity index (χ3v) is 4.88. The number of nitrogens with one attached hydrogen (secondary N) is 1. The molecule has 2 heterocycles. The SMILES string of the molecule is COc1ccccc1C1(C(=O)N2CC(Nc3ccncn3)C2)CC1. The van der Waals surface area contributed by atoms with Gasteiger partial charge in [-0.1, -0.05) is 18.2 Å². The topological polar surface area (TPSA) is 67.3 Å². The van der Waals surface area contributed by atoms with Gasteiger partial charge in [0.2, 0.25) is 5.91 Å². The highest BCUT2D eigenvalue weighted by atomic mass is 16.5. The molecule has 0 radical (unpaired) electrons. The first-order valence-electron chi connectivity index (χ1n) is 8.18. The van der Waals surface area contributed by atoms with E-state index in [1.54, 1.807) is 13.3 Å². The van der Waals surface area contributed by atoms with Crippen molar-refractivity contribution in [3.05, 3.63) is 48.4 Å². The van der Waals surface area contributed by atoms with E-state index in [4.69, 9.17) is 4.74 Å². The van der Waals surface area contributed by atoms with E-state index in [1.807, 2.05) is 35.2 Å². The van der Waals surface area contributed by atoms with Crippen LogP contribution < -0.4 is 10.1 Å². The van der Waals surface area contributed by atoms with Crippen LogP contribution in [0.3, 0.4) is 0 Å². The zero-order chi connectivity index (χ0) is 16.6. The molecular formula is C18H20N4O2. The van der Waals surface area contributed by atoms with Gasteiger partial charge in [0, 0.05) is 24.8 Å². The largest absolute Gasteiger partial charge is 0.496 e. The molecule has 6 heteroatoms. The summed E-state index contributed by atoms with van der Waals surface area (Å²) in [6.07, 6.45) is 5.02. The van der Waals surface area contributed by atoms with E-state index in [0.29, 0.717) is 13.1 Å². The Morgan fingerprint density at radius 1 is 1.29 bits per heavy atom. The van der Waals surface area contributed by atoms with Gasteiger partial charge in [0.15, 0.2) is 0 Å². The van der Waals surface area contributed by atoms with Crippen molar-refractivity contribution in [1.29, 1.82) is 0 Å². The molecule has 1 amide bonds. The molecule has 4 rings (SSSR count). The number of para-hydroxylation sites is 1. The molecule has 1 saturated heterocycles. The van der Waals surface area contributed by atoms with Gasteiger partial charge in [0.25, 0.3) is 0 Å². The maximum atomic E-state index is 13.0. The number of hydrogen-bond donors (Lipinski definition) is 1. The first-order chi connectivity index (χ1) is 11.7. The van der Waals surface area contributed by atoms with Crippen LogP contribution in [0.25, 0.3) is 0 Å². The molecule has 0 atom stereocenters. The summed E-state index contributed by atoms with van der Waals surface area (Å²) in [6.45, 7) is 1.42. The first kappa shape index (κ1) is 14.9. The Kier molecular flexibility index (Phi) is 3.59. The minimum absolute atomic E-state index is 0.215. The lowest BCUT2D eigenvalue weighted by molar-refractivity contribution is -0.138. The van der Waals surface area contributed by atoms with Crippen molar-refractivity contribution >= 4 is 11.7 Å². The van der Waals surface area contributed by atoms with E-state index in [-0.39, 0.29) is 17.4 Å². The van der Waals surface area contributed by atoms with Gasteiger partial charge >= 0.3 is 0 Å². The van der Waals surface area contributed by atoms with Crippen molar-refractivity contribution in [2.24, 2.45) is 0 Å². The summed E-state index contributed by atoms with van der Waals surface area (Å²) < 4.78 is 5.46. The zero-order valence-electron chi connectivity index (χ0n) is 13.6. The average Bonchev–Trinajstić information content (AvgIpc) is 3.40. The number of anilines is 1. The highest BCUT2D eigenvalue weighted by Gasteiger charge is 2.55. The van der Waals surface area contributed by atoms with Crippen LogP contribution in [0.1, 0.15) is 18.4 Å². The van der Waals surface area contributed by atoms with Crippen LogP contribution in [-0.4, -0.2) is 47.0 Å². The van der Waals surface area contributed by atoms with E-state index >= 15 is 0 Å². The number of carbonyl (C=O) groups excluding carboxylic acids is 1. The summed E-state index contributed by atoms with van der Waals surface area (Å²) in [5.41, 5.74) is 0.636. The van der Waals surface area contributed by atoms with Crippen LogP contribution in [0.15, 0.2) is 42.9 Å². The van der Waals surface area contributed by atoms with Crippen molar-refractivity contribution in [2.45, 2.75) is 24.3 Å². The molecule has 1 N–H and O–H groups in total. The van der Waals surface area contributed by atoms with Gasteiger partial charge in [-0.15, -0.1) is 0 Å². The van der Waals surface area contributed by atoms with Crippen LogP contribution in [0.4, 0.5) is 5.82 Å². The van der Waals surface area contributed by atoms with E-state index in [1.165, 1.54) is 6.33 Å². The maximum Gasteiger partial charge on any atom is 0.233 e. The van der Waals surface area contributed by atoms with Crippen LogP contribution >= 0.6 is 0 Å². The Balaban J connectivity index is 1.42. The van der Waals surface area contributed by atoms with Gasteiger partial charge in [-0.3, -0.25) is 4.79 Å². The van der Waals surface area contributed by atoms with Crippen molar-refractivity contribution in [1.82, 2.24) is 14.9 Å². The quantitative estimate of drug-likeness (QED) is 0.909. The Morgan fingerprint density at radius 3 is 2.75 bits per heavy atom. The number of hydrogen-bond acceptors (Lipinski definition) is 5. The molecule has 2 aliphatic rings. The van der Waals surface area contributed by atoms with E-state index in [2.05, 4.69) is 15.3 Å². The fourth-order valence-corrected chi connectivity index (χ4v) is 3.39. The second-order valence-corrected chi connectivity index (χ2v) is 6.43. The van der Waals surface area contributed by atoms with Crippen molar-refractivity contribution in [2.75, 3.05) is 25.5 Å². The number of likely N-dealkylation sites (tertiary alicyclic amines) is 1. The predicted molar refractivity (Wildman–Crippen MR) is 89.9 cm³/mol. The second-order valence-electron chi connectivity index (χ2n) is 6.43. The molecule has 1 aliphatic carbocycles. The number of aromatic nitrogens is 2. The highest BCUT2D eigenvalue weighted by molar-refractivity contribution is 5.92. The first-order valence-corrected chi connectivity index (χ1v) is 8.18. The standard InChI is InChI=1S/C18H20N4O2/c1-24-15-5-3-2-4-14(15)18(7-8-18)17(23)22-10-13(11-22)21-16-6-9-19-12-20-16/h2-6,9,12-13H,7-8,10-11H2,1H3,(H,19,20,21). The number of carbonyl (C=O) groups is 1. The number of ether oxygens (including phenoxy) is 1.